The lowest BCUT2D eigenvalue weighted by atomic mass is 10.2. The lowest BCUT2D eigenvalue weighted by Gasteiger charge is -2.06. The summed E-state index contributed by atoms with van der Waals surface area (Å²) >= 11 is 0. The fourth-order valence-corrected chi connectivity index (χ4v) is 1.44. The Morgan fingerprint density at radius 1 is 1.47 bits per heavy atom. The number of hydrogen-bond acceptors (Lipinski definition) is 3. The van der Waals surface area contributed by atoms with E-state index in [0.717, 1.165) is 11.2 Å². The Morgan fingerprint density at radius 2 is 2.20 bits per heavy atom. The lowest BCUT2D eigenvalue weighted by Crippen LogP contribution is -2.11. The molecule has 2 aromatic rings. The van der Waals surface area contributed by atoms with Crippen LogP contribution in [-0.4, -0.2) is 20.4 Å². The number of rotatable bonds is 2. The Bertz CT molecular complexity index is 512. The zero-order valence-electron chi connectivity index (χ0n) is 8.73. The molecule has 0 atom stereocenters. The Morgan fingerprint density at radius 3 is 2.80 bits per heavy atom. The average molecular weight is 203 g/mol. The number of pyridine rings is 1. The van der Waals surface area contributed by atoms with Gasteiger partial charge in [0.15, 0.2) is 5.65 Å². The van der Waals surface area contributed by atoms with Crippen molar-refractivity contribution in [2.75, 3.05) is 0 Å². The molecule has 0 fully saturated rings. The van der Waals surface area contributed by atoms with E-state index in [1.54, 1.807) is 18.6 Å². The first-order valence-corrected chi connectivity index (χ1v) is 4.76. The van der Waals surface area contributed by atoms with Crippen molar-refractivity contribution >= 4 is 17.0 Å². The minimum absolute atomic E-state index is 0.0171. The maximum Gasteiger partial charge on any atom is 0.160 e. The molecule has 0 saturated carbocycles. The first-order valence-electron chi connectivity index (χ1n) is 4.76. The number of nitrogen functional groups attached to an aromatic ring is 1. The molecule has 0 radical (unpaired) electrons. The Hall–Kier alpha value is -1.91. The molecule has 5 nitrogen and oxygen atoms in total. The molecule has 0 aliphatic heterocycles. The highest BCUT2D eigenvalue weighted by atomic mass is 15.1. The van der Waals surface area contributed by atoms with Gasteiger partial charge < -0.3 is 10.3 Å². The van der Waals surface area contributed by atoms with Crippen molar-refractivity contribution in [3.05, 3.63) is 24.2 Å². The molecule has 78 valence electrons. The number of hydrogen-bond donors (Lipinski definition) is 2. The largest absolute Gasteiger partial charge is 0.384 e. The van der Waals surface area contributed by atoms with Crippen molar-refractivity contribution in [3.8, 4) is 0 Å². The molecule has 2 rings (SSSR count). The van der Waals surface area contributed by atoms with Crippen LogP contribution >= 0.6 is 0 Å². The van der Waals surface area contributed by atoms with Crippen LogP contribution < -0.4 is 5.73 Å². The van der Waals surface area contributed by atoms with Gasteiger partial charge in [0.2, 0.25) is 0 Å². The van der Waals surface area contributed by atoms with E-state index in [0.29, 0.717) is 11.6 Å². The molecule has 0 bridgehead atoms. The van der Waals surface area contributed by atoms with E-state index < -0.39 is 0 Å². The third kappa shape index (κ3) is 1.56. The molecule has 0 unspecified atom stereocenters. The standard InChI is InChI=1S/C10H13N5/c1-6(2)15-5-14-8-3-7(9(11)12)4-13-10(8)15/h3-6H,1-2H3,(H3,11,12). The molecule has 15 heavy (non-hydrogen) atoms. The van der Waals surface area contributed by atoms with Gasteiger partial charge in [-0.1, -0.05) is 0 Å². The van der Waals surface area contributed by atoms with Gasteiger partial charge in [0.05, 0.1) is 6.33 Å². The lowest BCUT2D eigenvalue weighted by molar-refractivity contribution is 0.613. The van der Waals surface area contributed by atoms with Gasteiger partial charge in [0.25, 0.3) is 0 Å². The monoisotopic (exact) mass is 203 g/mol. The van der Waals surface area contributed by atoms with Crippen LogP contribution in [0.1, 0.15) is 25.5 Å². The molecule has 0 aliphatic carbocycles. The molecule has 0 spiro atoms. The Kier molecular flexibility index (Phi) is 2.15. The van der Waals surface area contributed by atoms with Gasteiger partial charge in [-0.3, -0.25) is 5.41 Å². The second-order valence-electron chi connectivity index (χ2n) is 3.73. The topological polar surface area (TPSA) is 80.6 Å². The van der Waals surface area contributed by atoms with Gasteiger partial charge in [-0.25, -0.2) is 9.97 Å². The number of nitrogens with zero attached hydrogens (tertiary/aromatic N) is 3. The van der Waals surface area contributed by atoms with Crippen LogP contribution in [0.5, 0.6) is 0 Å². The van der Waals surface area contributed by atoms with Gasteiger partial charge in [-0.05, 0) is 19.9 Å². The van der Waals surface area contributed by atoms with Crippen molar-refractivity contribution in [1.82, 2.24) is 14.5 Å². The van der Waals surface area contributed by atoms with Crippen LogP contribution in [0.3, 0.4) is 0 Å². The summed E-state index contributed by atoms with van der Waals surface area (Å²) in [5.41, 5.74) is 7.59. The predicted octanol–water partition coefficient (Wildman–Crippen LogP) is 1.30. The molecule has 2 aromatic heterocycles. The smallest absolute Gasteiger partial charge is 0.160 e. The zero-order chi connectivity index (χ0) is 11.0. The summed E-state index contributed by atoms with van der Waals surface area (Å²) in [7, 11) is 0. The highest BCUT2D eigenvalue weighted by molar-refractivity contribution is 5.96. The maximum atomic E-state index is 7.31. The molecule has 0 amide bonds. The van der Waals surface area contributed by atoms with Crippen molar-refractivity contribution in [2.45, 2.75) is 19.9 Å². The summed E-state index contributed by atoms with van der Waals surface area (Å²) in [6.45, 7) is 4.14. The van der Waals surface area contributed by atoms with Crippen LogP contribution in [0.25, 0.3) is 11.2 Å². The fourth-order valence-electron chi connectivity index (χ4n) is 1.44. The second-order valence-corrected chi connectivity index (χ2v) is 3.73. The molecule has 0 saturated heterocycles. The highest BCUT2D eigenvalue weighted by Gasteiger charge is 2.08. The van der Waals surface area contributed by atoms with Crippen molar-refractivity contribution in [2.24, 2.45) is 5.73 Å². The molecule has 5 heteroatoms. The summed E-state index contributed by atoms with van der Waals surface area (Å²) in [6, 6.07) is 2.11. The van der Waals surface area contributed by atoms with Gasteiger partial charge in [-0.15, -0.1) is 0 Å². The second kappa shape index (κ2) is 3.34. The van der Waals surface area contributed by atoms with Crippen LogP contribution in [-0.2, 0) is 0 Å². The van der Waals surface area contributed by atoms with E-state index in [2.05, 4.69) is 23.8 Å². The summed E-state index contributed by atoms with van der Waals surface area (Å²) in [6.07, 6.45) is 3.36. The number of nitrogens with two attached hydrogens (primary N) is 1. The van der Waals surface area contributed by atoms with E-state index >= 15 is 0 Å². The Balaban J connectivity index is 2.61. The van der Waals surface area contributed by atoms with Crippen LogP contribution in [0, 0.1) is 5.41 Å². The molecule has 0 aromatic carbocycles. The summed E-state index contributed by atoms with van der Waals surface area (Å²) in [4.78, 5) is 8.49. The quantitative estimate of drug-likeness (QED) is 0.570. The van der Waals surface area contributed by atoms with E-state index in [4.69, 9.17) is 11.1 Å². The molecule has 3 N–H and O–H groups in total. The highest BCUT2D eigenvalue weighted by Crippen LogP contribution is 2.15. The number of imidazole rings is 1. The predicted molar refractivity (Wildman–Crippen MR) is 58.9 cm³/mol. The van der Waals surface area contributed by atoms with Crippen molar-refractivity contribution in [3.63, 3.8) is 0 Å². The SMILES string of the molecule is CC(C)n1cnc2cc(C(=N)N)cnc21. The van der Waals surface area contributed by atoms with Crippen molar-refractivity contribution < 1.29 is 0 Å². The molecule has 0 aliphatic rings. The van der Waals surface area contributed by atoms with E-state index in [1.165, 1.54) is 0 Å². The third-order valence-corrected chi connectivity index (χ3v) is 2.28. The van der Waals surface area contributed by atoms with Crippen LogP contribution in [0.2, 0.25) is 0 Å². The van der Waals surface area contributed by atoms with Gasteiger partial charge >= 0.3 is 0 Å². The number of fused-ring (bicyclic) bond motifs is 1. The number of nitrogens with one attached hydrogen (secondary N) is 1. The zero-order valence-corrected chi connectivity index (χ0v) is 8.73. The third-order valence-electron chi connectivity index (χ3n) is 2.28. The summed E-state index contributed by atoms with van der Waals surface area (Å²) in [5.74, 6) is 0.0171. The van der Waals surface area contributed by atoms with Gasteiger partial charge in [-0.2, -0.15) is 0 Å². The molecule has 2 heterocycles. The maximum absolute atomic E-state index is 7.31. The summed E-state index contributed by atoms with van der Waals surface area (Å²) < 4.78 is 1.99. The summed E-state index contributed by atoms with van der Waals surface area (Å²) in [5, 5.41) is 7.31. The molecular weight excluding hydrogens is 190 g/mol. The first kappa shape index (κ1) is 9.64. The minimum Gasteiger partial charge on any atom is -0.384 e. The minimum atomic E-state index is 0.0171. The molecular formula is C10H13N5. The number of aromatic nitrogens is 3. The fraction of sp³-hybridized carbons (Fsp3) is 0.300. The van der Waals surface area contributed by atoms with E-state index in [-0.39, 0.29) is 5.84 Å². The van der Waals surface area contributed by atoms with Crippen molar-refractivity contribution in [1.29, 1.82) is 5.41 Å². The van der Waals surface area contributed by atoms with Crippen LogP contribution in [0.4, 0.5) is 0 Å². The normalized spacial score (nSPS) is 11.1. The first-order chi connectivity index (χ1) is 7.09. The average Bonchev–Trinajstić information content (AvgIpc) is 2.59. The van der Waals surface area contributed by atoms with Gasteiger partial charge in [0, 0.05) is 17.8 Å². The Labute approximate surface area is 87.5 Å². The van der Waals surface area contributed by atoms with Crippen LogP contribution in [0.15, 0.2) is 18.6 Å². The van der Waals surface area contributed by atoms with Gasteiger partial charge in [0.1, 0.15) is 11.4 Å². The van der Waals surface area contributed by atoms with E-state index in [1.807, 2.05) is 4.57 Å². The van der Waals surface area contributed by atoms with E-state index in [9.17, 15) is 0 Å². The number of amidine groups is 1.